The van der Waals surface area contributed by atoms with E-state index in [9.17, 15) is 4.79 Å². The Morgan fingerprint density at radius 3 is 2.52 bits per heavy atom. The van der Waals surface area contributed by atoms with E-state index in [1.54, 1.807) is 0 Å². The van der Waals surface area contributed by atoms with Crippen LogP contribution in [-0.4, -0.2) is 50.1 Å². The van der Waals surface area contributed by atoms with Crippen LogP contribution in [0.4, 0.5) is 11.4 Å². The van der Waals surface area contributed by atoms with E-state index < -0.39 is 0 Å². The number of carbonyl (C=O) groups is 1. The molecule has 0 saturated carbocycles. The first kappa shape index (κ1) is 21.2. The molecule has 0 aromatic heterocycles. The maximum absolute atomic E-state index is 12.5. The molecule has 1 heterocycles. The lowest BCUT2D eigenvalue weighted by molar-refractivity contribution is -0.116. The summed E-state index contributed by atoms with van der Waals surface area (Å²) in [6, 6.07) is 14.2. The van der Waals surface area contributed by atoms with Gasteiger partial charge in [0.05, 0.1) is 6.61 Å². The van der Waals surface area contributed by atoms with E-state index in [-0.39, 0.29) is 5.91 Å². The van der Waals surface area contributed by atoms with Gasteiger partial charge in [0.2, 0.25) is 5.91 Å². The van der Waals surface area contributed by atoms with Crippen LogP contribution in [0, 0.1) is 6.92 Å². The van der Waals surface area contributed by atoms with Crippen molar-refractivity contribution >= 4 is 17.3 Å². The molecule has 2 aromatic rings. The van der Waals surface area contributed by atoms with E-state index in [4.69, 9.17) is 4.74 Å². The van der Waals surface area contributed by atoms with Crippen LogP contribution in [0.5, 0.6) is 5.75 Å². The number of aryl methyl sites for hydroxylation is 2. The zero-order valence-electron chi connectivity index (χ0n) is 17.9. The Morgan fingerprint density at radius 2 is 1.83 bits per heavy atom. The largest absolute Gasteiger partial charge is 0.494 e. The highest BCUT2D eigenvalue weighted by molar-refractivity contribution is 5.91. The molecule has 1 fully saturated rings. The summed E-state index contributed by atoms with van der Waals surface area (Å²) in [5.41, 5.74) is 4.41. The van der Waals surface area contributed by atoms with Crippen molar-refractivity contribution in [1.82, 2.24) is 4.90 Å². The van der Waals surface area contributed by atoms with Gasteiger partial charge in [-0.25, -0.2) is 0 Å². The number of nitrogens with one attached hydrogen (secondary N) is 1. The van der Waals surface area contributed by atoms with Crippen LogP contribution in [-0.2, 0) is 11.2 Å². The third-order valence-electron chi connectivity index (χ3n) is 5.53. The monoisotopic (exact) mass is 395 g/mol. The molecule has 1 saturated heterocycles. The number of hydrogen-bond acceptors (Lipinski definition) is 4. The molecule has 2 aromatic carbocycles. The predicted molar refractivity (Wildman–Crippen MR) is 120 cm³/mol. The summed E-state index contributed by atoms with van der Waals surface area (Å²) in [5, 5.41) is 3.04. The first-order valence-corrected chi connectivity index (χ1v) is 10.7. The highest BCUT2D eigenvalue weighted by atomic mass is 16.5. The molecule has 0 unspecified atom stereocenters. The van der Waals surface area contributed by atoms with Crippen LogP contribution >= 0.6 is 0 Å². The van der Waals surface area contributed by atoms with Gasteiger partial charge in [0.1, 0.15) is 5.75 Å². The number of likely N-dealkylation sites (N-methyl/N-ethyl adjacent to an activating group) is 1. The molecular weight excluding hydrogens is 362 g/mol. The first-order chi connectivity index (χ1) is 14.1. The number of piperazine rings is 1. The number of hydrogen-bond donors (Lipinski definition) is 1. The van der Waals surface area contributed by atoms with Gasteiger partial charge < -0.3 is 19.9 Å². The minimum absolute atomic E-state index is 0.0278. The van der Waals surface area contributed by atoms with E-state index in [0.717, 1.165) is 49.7 Å². The van der Waals surface area contributed by atoms with Crippen LogP contribution in [0.2, 0.25) is 0 Å². The zero-order chi connectivity index (χ0) is 20.6. The molecule has 0 bridgehead atoms. The molecule has 1 aliphatic heterocycles. The fourth-order valence-electron chi connectivity index (χ4n) is 3.87. The van der Waals surface area contributed by atoms with E-state index in [0.29, 0.717) is 19.4 Å². The van der Waals surface area contributed by atoms with Gasteiger partial charge in [-0.1, -0.05) is 25.1 Å². The second-order valence-electron chi connectivity index (χ2n) is 7.51. The van der Waals surface area contributed by atoms with Gasteiger partial charge in [0.25, 0.3) is 0 Å². The van der Waals surface area contributed by atoms with Crippen molar-refractivity contribution in [3.63, 3.8) is 0 Å². The molecule has 0 aliphatic carbocycles. The molecule has 5 nitrogen and oxygen atoms in total. The van der Waals surface area contributed by atoms with Crippen molar-refractivity contribution in [3.8, 4) is 5.75 Å². The van der Waals surface area contributed by atoms with Crippen molar-refractivity contribution in [2.75, 3.05) is 49.5 Å². The van der Waals surface area contributed by atoms with E-state index in [1.165, 1.54) is 11.3 Å². The number of amides is 1. The van der Waals surface area contributed by atoms with Crippen LogP contribution in [0.25, 0.3) is 0 Å². The van der Waals surface area contributed by atoms with Crippen LogP contribution < -0.4 is 15.0 Å². The quantitative estimate of drug-likeness (QED) is 0.731. The third kappa shape index (κ3) is 5.73. The fraction of sp³-hybridized carbons (Fsp3) is 0.458. The summed E-state index contributed by atoms with van der Waals surface area (Å²) in [6.07, 6.45) is 1.10. The van der Waals surface area contributed by atoms with Crippen molar-refractivity contribution in [3.05, 3.63) is 53.6 Å². The number of rotatable bonds is 8. The Bertz CT molecular complexity index is 814. The van der Waals surface area contributed by atoms with Crippen molar-refractivity contribution < 1.29 is 9.53 Å². The number of anilines is 2. The summed E-state index contributed by atoms with van der Waals surface area (Å²) in [7, 11) is 0. The van der Waals surface area contributed by atoms with Gasteiger partial charge in [0.15, 0.2) is 0 Å². The molecule has 0 atom stereocenters. The molecule has 0 radical (unpaired) electrons. The average molecular weight is 396 g/mol. The Hall–Kier alpha value is -2.53. The summed E-state index contributed by atoms with van der Waals surface area (Å²) < 4.78 is 5.65. The van der Waals surface area contributed by atoms with E-state index >= 15 is 0 Å². The molecule has 1 N–H and O–H groups in total. The van der Waals surface area contributed by atoms with E-state index in [1.807, 2.05) is 37.3 Å². The second kappa shape index (κ2) is 10.3. The Morgan fingerprint density at radius 1 is 1.07 bits per heavy atom. The average Bonchev–Trinajstić information content (AvgIpc) is 2.74. The topological polar surface area (TPSA) is 44.8 Å². The third-order valence-corrected chi connectivity index (χ3v) is 5.53. The molecule has 1 aliphatic rings. The predicted octanol–water partition coefficient (Wildman–Crippen LogP) is 4.11. The smallest absolute Gasteiger partial charge is 0.224 e. The number of carbonyl (C=O) groups excluding carboxylic acids is 1. The highest BCUT2D eigenvalue weighted by Crippen LogP contribution is 2.25. The maximum atomic E-state index is 12.5. The van der Waals surface area contributed by atoms with Crippen LogP contribution in [0.1, 0.15) is 31.4 Å². The molecule has 1 amide bonds. The standard InChI is InChI=1S/C24H33N3O2/c1-4-26-14-16-27(17-15-26)22-12-11-21(18-19(22)3)25-24(28)13-10-20-8-6-7-9-23(20)29-5-2/h6-9,11-12,18H,4-5,10,13-17H2,1-3H3,(H,25,28). The Balaban J connectivity index is 1.55. The lowest BCUT2D eigenvalue weighted by atomic mass is 10.1. The Labute approximate surface area is 174 Å². The summed E-state index contributed by atoms with van der Waals surface area (Å²) in [5.74, 6) is 0.895. The number of para-hydroxylation sites is 1. The van der Waals surface area contributed by atoms with Crippen molar-refractivity contribution in [1.29, 1.82) is 0 Å². The van der Waals surface area contributed by atoms with Crippen molar-refractivity contribution in [2.24, 2.45) is 0 Å². The molecule has 3 rings (SSSR count). The lowest BCUT2D eigenvalue weighted by Crippen LogP contribution is -2.46. The normalized spacial score (nSPS) is 14.7. The lowest BCUT2D eigenvalue weighted by Gasteiger charge is -2.36. The minimum Gasteiger partial charge on any atom is -0.494 e. The molecule has 5 heteroatoms. The zero-order valence-corrected chi connectivity index (χ0v) is 17.9. The summed E-state index contributed by atoms with van der Waals surface area (Å²) in [4.78, 5) is 17.4. The molecule has 0 spiro atoms. The van der Waals surface area contributed by atoms with Crippen LogP contribution in [0.15, 0.2) is 42.5 Å². The fourth-order valence-corrected chi connectivity index (χ4v) is 3.87. The van der Waals surface area contributed by atoms with Gasteiger partial charge in [-0.05, 0) is 62.2 Å². The maximum Gasteiger partial charge on any atom is 0.224 e. The number of nitrogens with zero attached hydrogens (tertiary/aromatic N) is 2. The van der Waals surface area contributed by atoms with E-state index in [2.05, 4.69) is 41.1 Å². The first-order valence-electron chi connectivity index (χ1n) is 10.7. The van der Waals surface area contributed by atoms with Crippen LogP contribution in [0.3, 0.4) is 0 Å². The van der Waals surface area contributed by atoms with Gasteiger partial charge in [-0.2, -0.15) is 0 Å². The van der Waals surface area contributed by atoms with Gasteiger partial charge >= 0.3 is 0 Å². The molecular formula is C24H33N3O2. The molecule has 29 heavy (non-hydrogen) atoms. The number of ether oxygens (including phenoxy) is 1. The Kier molecular flexibility index (Phi) is 7.53. The number of benzene rings is 2. The summed E-state index contributed by atoms with van der Waals surface area (Å²) >= 11 is 0. The summed E-state index contributed by atoms with van der Waals surface area (Å²) in [6.45, 7) is 12.4. The SMILES string of the molecule is CCOc1ccccc1CCC(=O)Nc1ccc(N2CCN(CC)CC2)c(C)c1. The second-order valence-corrected chi connectivity index (χ2v) is 7.51. The highest BCUT2D eigenvalue weighted by Gasteiger charge is 2.17. The van der Waals surface area contributed by atoms with Gasteiger partial charge in [-0.3, -0.25) is 4.79 Å². The van der Waals surface area contributed by atoms with Gasteiger partial charge in [0, 0.05) is 44.0 Å². The van der Waals surface area contributed by atoms with Gasteiger partial charge in [-0.15, -0.1) is 0 Å². The van der Waals surface area contributed by atoms with Crippen molar-refractivity contribution in [2.45, 2.75) is 33.6 Å². The molecule has 156 valence electrons. The minimum atomic E-state index is 0.0278.